The molecule has 1 N–H and O–H groups in total. The molecule has 1 aliphatic heterocycles. The van der Waals surface area contributed by atoms with Crippen molar-refractivity contribution in [2.24, 2.45) is 0 Å². The highest BCUT2D eigenvalue weighted by Crippen LogP contribution is 2.15. The molecule has 2 atom stereocenters. The van der Waals surface area contributed by atoms with E-state index in [1.165, 1.54) is 5.56 Å². The Hall–Kier alpha value is -0.900. The van der Waals surface area contributed by atoms with Gasteiger partial charge < -0.3 is 14.6 Å². The Morgan fingerprint density at radius 3 is 2.71 bits per heavy atom. The number of rotatable bonds is 3. The van der Waals surface area contributed by atoms with Crippen molar-refractivity contribution < 1.29 is 14.6 Å². The number of hydrogen-bond acceptors (Lipinski definition) is 3. The number of aliphatic hydroxyl groups excluding tert-OH is 1. The highest BCUT2D eigenvalue weighted by Gasteiger charge is 2.25. The van der Waals surface area contributed by atoms with Crippen LogP contribution in [0.15, 0.2) is 30.3 Å². The van der Waals surface area contributed by atoms with E-state index in [1.807, 2.05) is 30.3 Å². The van der Waals surface area contributed by atoms with Crippen LogP contribution in [0.3, 0.4) is 0 Å². The summed E-state index contributed by atoms with van der Waals surface area (Å²) in [7, 11) is 0. The SMILES string of the molecule is OCC1COC(Cc2ccccc2)O1. The molecule has 14 heavy (non-hydrogen) atoms. The molecular weight excluding hydrogens is 180 g/mol. The van der Waals surface area contributed by atoms with E-state index < -0.39 is 0 Å². The van der Waals surface area contributed by atoms with Crippen molar-refractivity contribution in [1.82, 2.24) is 0 Å². The first-order valence-corrected chi connectivity index (χ1v) is 4.80. The Morgan fingerprint density at radius 2 is 2.07 bits per heavy atom. The molecule has 1 saturated heterocycles. The maximum atomic E-state index is 8.84. The number of hydrogen-bond donors (Lipinski definition) is 1. The molecule has 0 amide bonds. The maximum absolute atomic E-state index is 8.84. The van der Waals surface area contributed by atoms with Gasteiger partial charge in [0.2, 0.25) is 0 Å². The predicted molar refractivity (Wildman–Crippen MR) is 51.8 cm³/mol. The lowest BCUT2D eigenvalue weighted by Crippen LogP contribution is -2.17. The van der Waals surface area contributed by atoms with Gasteiger partial charge in [-0.2, -0.15) is 0 Å². The zero-order valence-electron chi connectivity index (χ0n) is 7.93. The van der Waals surface area contributed by atoms with Crippen LogP contribution in [0.5, 0.6) is 0 Å². The zero-order chi connectivity index (χ0) is 9.80. The number of benzene rings is 1. The van der Waals surface area contributed by atoms with Crippen LogP contribution in [-0.4, -0.2) is 30.7 Å². The summed E-state index contributed by atoms with van der Waals surface area (Å²) in [6.07, 6.45) is 0.399. The van der Waals surface area contributed by atoms with E-state index in [0.29, 0.717) is 6.61 Å². The summed E-state index contributed by atoms with van der Waals surface area (Å²) in [6, 6.07) is 10.1. The van der Waals surface area contributed by atoms with Crippen molar-refractivity contribution in [1.29, 1.82) is 0 Å². The van der Waals surface area contributed by atoms with E-state index in [1.54, 1.807) is 0 Å². The van der Waals surface area contributed by atoms with Gasteiger partial charge in [0.05, 0.1) is 13.2 Å². The fourth-order valence-electron chi connectivity index (χ4n) is 1.52. The van der Waals surface area contributed by atoms with Crippen LogP contribution in [-0.2, 0) is 15.9 Å². The number of ether oxygens (including phenoxy) is 2. The van der Waals surface area contributed by atoms with Crippen LogP contribution in [0, 0.1) is 0 Å². The van der Waals surface area contributed by atoms with Gasteiger partial charge in [-0.15, -0.1) is 0 Å². The summed E-state index contributed by atoms with van der Waals surface area (Å²) in [4.78, 5) is 0. The Kier molecular flexibility index (Phi) is 3.14. The van der Waals surface area contributed by atoms with E-state index in [4.69, 9.17) is 14.6 Å². The van der Waals surface area contributed by atoms with Gasteiger partial charge in [0.25, 0.3) is 0 Å². The molecule has 1 aromatic rings. The lowest BCUT2D eigenvalue weighted by molar-refractivity contribution is -0.0632. The van der Waals surface area contributed by atoms with Crippen molar-refractivity contribution in [2.45, 2.75) is 18.8 Å². The van der Waals surface area contributed by atoms with E-state index in [-0.39, 0.29) is 19.0 Å². The van der Waals surface area contributed by atoms with E-state index in [0.717, 1.165) is 6.42 Å². The first kappa shape index (κ1) is 9.65. The maximum Gasteiger partial charge on any atom is 0.162 e. The number of aliphatic hydroxyl groups is 1. The standard InChI is InChI=1S/C11H14O3/c12-7-10-8-13-11(14-10)6-9-4-2-1-3-5-9/h1-5,10-12H,6-8H2. The molecule has 0 aromatic heterocycles. The minimum absolute atomic E-state index is 0.0330. The van der Waals surface area contributed by atoms with Gasteiger partial charge in [-0.1, -0.05) is 30.3 Å². The van der Waals surface area contributed by atoms with Crippen LogP contribution in [0.2, 0.25) is 0 Å². The van der Waals surface area contributed by atoms with Crippen molar-refractivity contribution >= 4 is 0 Å². The smallest absolute Gasteiger partial charge is 0.162 e. The average molecular weight is 194 g/mol. The Morgan fingerprint density at radius 1 is 1.29 bits per heavy atom. The van der Waals surface area contributed by atoms with E-state index >= 15 is 0 Å². The third kappa shape index (κ3) is 2.32. The second kappa shape index (κ2) is 4.55. The van der Waals surface area contributed by atoms with Crippen molar-refractivity contribution in [3.05, 3.63) is 35.9 Å². The third-order valence-corrected chi connectivity index (χ3v) is 2.26. The fraction of sp³-hybridized carbons (Fsp3) is 0.455. The molecular formula is C11H14O3. The topological polar surface area (TPSA) is 38.7 Å². The van der Waals surface area contributed by atoms with Gasteiger partial charge in [0.1, 0.15) is 6.10 Å². The van der Waals surface area contributed by atoms with Crippen LogP contribution in [0.4, 0.5) is 0 Å². The Balaban J connectivity index is 1.88. The molecule has 1 fully saturated rings. The highest BCUT2D eigenvalue weighted by molar-refractivity contribution is 5.15. The summed E-state index contributed by atoms with van der Waals surface area (Å²) < 4.78 is 10.8. The predicted octanol–water partition coefficient (Wildman–Crippen LogP) is 0.963. The Bertz CT molecular complexity index is 273. The van der Waals surface area contributed by atoms with Crippen molar-refractivity contribution in [2.75, 3.05) is 13.2 Å². The summed E-state index contributed by atoms with van der Waals surface area (Å²) in [5, 5.41) is 8.84. The van der Waals surface area contributed by atoms with Crippen LogP contribution in [0.1, 0.15) is 5.56 Å². The molecule has 76 valence electrons. The van der Waals surface area contributed by atoms with E-state index in [2.05, 4.69) is 0 Å². The second-order valence-corrected chi connectivity index (χ2v) is 3.39. The molecule has 3 nitrogen and oxygen atoms in total. The molecule has 0 saturated carbocycles. The van der Waals surface area contributed by atoms with Crippen LogP contribution < -0.4 is 0 Å². The molecule has 1 aliphatic rings. The van der Waals surface area contributed by atoms with Gasteiger partial charge in [-0.05, 0) is 5.56 Å². The lowest BCUT2D eigenvalue weighted by Gasteiger charge is -2.09. The third-order valence-electron chi connectivity index (χ3n) is 2.26. The molecule has 1 heterocycles. The second-order valence-electron chi connectivity index (χ2n) is 3.39. The highest BCUT2D eigenvalue weighted by atomic mass is 16.7. The van der Waals surface area contributed by atoms with Gasteiger partial charge in [-0.3, -0.25) is 0 Å². The molecule has 1 aromatic carbocycles. The van der Waals surface area contributed by atoms with Gasteiger partial charge in [0, 0.05) is 6.42 Å². The minimum atomic E-state index is -0.199. The lowest BCUT2D eigenvalue weighted by atomic mass is 10.1. The fourth-order valence-corrected chi connectivity index (χ4v) is 1.52. The molecule has 0 bridgehead atoms. The summed E-state index contributed by atoms with van der Waals surface area (Å²) in [5.74, 6) is 0. The van der Waals surface area contributed by atoms with Crippen LogP contribution >= 0.6 is 0 Å². The zero-order valence-corrected chi connectivity index (χ0v) is 7.93. The van der Waals surface area contributed by atoms with Gasteiger partial charge in [-0.25, -0.2) is 0 Å². The average Bonchev–Trinajstić information content (AvgIpc) is 2.67. The molecule has 3 heteroatoms. The summed E-state index contributed by atoms with van der Waals surface area (Å²) >= 11 is 0. The summed E-state index contributed by atoms with van der Waals surface area (Å²) in [5.41, 5.74) is 1.19. The molecule has 0 radical (unpaired) electrons. The normalized spacial score (nSPS) is 26.6. The van der Waals surface area contributed by atoms with Crippen molar-refractivity contribution in [3.8, 4) is 0 Å². The largest absolute Gasteiger partial charge is 0.394 e. The molecule has 0 spiro atoms. The molecule has 2 rings (SSSR count). The first-order valence-electron chi connectivity index (χ1n) is 4.80. The van der Waals surface area contributed by atoms with E-state index in [9.17, 15) is 0 Å². The Labute approximate surface area is 83.3 Å². The van der Waals surface area contributed by atoms with Gasteiger partial charge >= 0.3 is 0 Å². The van der Waals surface area contributed by atoms with Crippen LogP contribution in [0.25, 0.3) is 0 Å². The van der Waals surface area contributed by atoms with Gasteiger partial charge in [0.15, 0.2) is 6.29 Å². The quantitative estimate of drug-likeness (QED) is 0.779. The monoisotopic (exact) mass is 194 g/mol. The first-order chi connectivity index (χ1) is 6.88. The van der Waals surface area contributed by atoms with Crippen molar-refractivity contribution in [3.63, 3.8) is 0 Å². The summed E-state index contributed by atoms with van der Waals surface area (Å²) in [6.45, 7) is 0.527. The molecule has 0 aliphatic carbocycles. The molecule has 2 unspecified atom stereocenters. The minimum Gasteiger partial charge on any atom is -0.394 e.